The number of unbranched alkanes of at least 4 members (excludes halogenated alkanes) is 1. The van der Waals surface area contributed by atoms with E-state index in [9.17, 15) is 0 Å². The van der Waals surface area contributed by atoms with Crippen molar-refractivity contribution in [2.75, 3.05) is 0 Å². The van der Waals surface area contributed by atoms with Crippen molar-refractivity contribution >= 4 is 39.7 Å². The molecule has 0 bridgehead atoms. The summed E-state index contributed by atoms with van der Waals surface area (Å²) in [7, 11) is 0. The van der Waals surface area contributed by atoms with E-state index in [-0.39, 0.29) is 0 Å². The first-order chi connectivity index (χ1) is 8.19. The molecule has 0 saturated heterocycles. The molecule has 1 rings (SSSR count). The second-order valence-electron chi connectivity index (χ2n) is 3.70. The molecule has 0 saturated carbocycles. The van der Waals surface area contributed by atoms with Crippen LogP contribution < -0.4 is 0 Å². The van der Waals surface area contributed by atoms with Gasteiger partial charge >= 0.3 is 42.6 Å². The third-order valence-electron chi connectivity index (χ3n) is 2.18. The summed E-state index contributed by atoms with van der Waals surface area (Å²) >= 11 is 5.61. The number of allylic oxidation sites excluding steroid dienone is 1. The van der Waals surface area contributed by atoms with Crippen LogP contribution in [0.15, 0.2) is 28.7 Å². The van der Waals surface area contributed by atoms with Crippen LogP contribution >= 0.6 is 15.9 Å². The van der Waals surface area contributed by atoms with Crippen LogP contribution in [0.2, 0.25) is 5.09 Å². The van der Waals surface area contributed by atoms with Gasteiger partial charge in [0.25, 0.3) is 0 Å². The fourth-order valence-corrected chi connectivity index (χ4v) is 1.65. The first-order valence-corrected chi connectivity index (χ1v) is 6.81. The van der Waals surface area contributed by atoms with E-state index in [1.54, 1.807) is 6.07 Å². The van der Waals surface area contributed by atoms with E-state index in [2.05, 4.69) is 46.6 Å². The molecule has 0 fully saturated rings. The standard InChI is InChI=1S/C10H8BrN.C4H9.Li/c1-2-3-9-6-8(7-12)4-5-10(9)11;1-3-4-2;/h2-6H,1H3;1,3-4H2,2H3;/b3-2-;;. The van der Waals surface area contributed by atoms with Crippen LogP contribution in [-0.2, 0) is 0 Å². The first-order valence-electron chi connectivity index (χ1n) is 6.01. The fourth-order valence-electron chi connectivity index (χ4n) is 1.27. The minimum absolute atomic E-state index is 0.686. The van der Waals surface area contributed by atoms with Gasteiger partial charge in [-0.1, -0.05) is 28.1 Å². The molecule has 0 N–H and O–H groups in total. The third-order valence-corrected chi connectivity index (χ3v) is 2.90. The number of hydrogen-bond acceptors (Lipinski definition) is 1. The maximum atomic E-state index is 8.63. The zero-order chi connectivity index (χ0) is 13.1. The van der Waals surface area contributed by atoms with Gasteiger partial charge in [0, 0.05) is 4.47 Å². The van der Waals surface area contributed by atoms with Crippen molar-refractivity contribution in [2.24, 2.45) is 0 Å². The van der Waals surface area contributed by atoms with Crippen molar-refractivity contribution in [1.82, 2.24) is 0 Å². The fraction of sp³-hybridized carbons (Fsp3) is 0.357. The van der Waals surface area contributed by atoms with Gasteiger partial charge in [-0.25, -0.2) is 0 Å². The Morgan fingerprint density at radius 2 is 2.18 bits per heavy atom. The number of nitrogens with zero attached hydrogens (tertiary/aromatic N) is 1. The summed E-state index contributed by atoms with van der Waals surface area (Å²) in [5.41, 5.74) is 1.72. The molecule has 0 aliphatic carbocycles. The summed E-state index contributed by atoms with van der Waals surface area (Å²) in [6.45, 7) is 4.16. The molecule has 0 amide bonds. The first kappa shape index (κ1) is 16.5. The molecule has 0 aliphatic heterocycles. The topological polar surface area (TPSA) is 23.8 Å². The van der Waals surface area contributed by atoms with E-state index in [0.29, 0.717) is 5.56 Å². The van der Waals surface area contributed by atoms with Gasteiger partial charge in [0.1, 0.15) is 0 Å². The van der Waals surface area contributed by atoms with E-state index in [1.807, 2.05) is 31.2 Å². The van der Waals surface area contributed by atoms with Crippen molar-refractivity contribution in [1.29, 1.82) is 5.26 Å². The van der Waals surface area contributed by atoms with Crippen molar-refractivity contribution < 1.29 is 0 Å². The van der Waals surface area contributed by atoms with Crippen LogP contribution in [0, 0.1) is 11.3 Å². The molecule has 1 aromatic carbocycles. The normalized spacial score (nSPS) is 9.65. The summed E-state index contributed by atoms with van der Waals surface area (Å²) in [4.78, 5) is 0. The van der Waals surface area contributed by atoms with Crippen molar-refractivity contribution in [3.05, 3.63) is 39.9 Å². The van der Waals surface area contributed by atoms with Crippen LogP contribution in [0.4, 0.5) is 0 Å². The van der Waals surface area contributed by atoms with Gasteiger partial charge < -0.3 is 0 Å². The van der Waals surface area contributed by atoms with E-state index < -0.39 is 0 Å². The third kappa shape index (κ3) is 7.45. The number of rotatable bonds is 3. The van der Waals surface area contributed by atoms with Gasteiger partial charge in [-0.3, -0.25) is 0 Å². The second-order valence-corrected chi connectivity index (χ2v) is 4.56. The van der Waals surface area contributed by atoms with Gasteiger partial charge in [0.15, 0.2) is 0 Å². The molecule has 0 spiro atoms. The molecule has 86 valence electrons. The Hall–Kier alpha value is -0.473. The van der Waals surface area contributed by atoms with E-state index in [4.69, 9.17) is 5.26 Å². The van der Waals surface area contributed by atoms with Gasteiger partial charge in [0.2, 0.25) is 0 Å². The van der Waals surface area contributed by atoms with Crippen LogP contribution in [0.1, 0.15) is 37.8 Å². The Bertz CT molecular complexity index is 392. The monoisotopic (exact) mass is 285 g/mol. The average Bonchev–Trinajstić information content (AvgIpc) is 2.34. The van der Waals surface area contributed by atoms with Gasteiger partial charge in [0.05, 0.1) is 11.6 Å². The Balaban J connectivity index is 0.000000437. The second kappa shape index (κ2) is 10.7. The van der Waals surface area contributed by atoms with Crippen LogP contribution in [0.5, 0.6) is 0 Å². The molecule has 1 aromatic rings. The Morgan fingerprint density at radius 1 is 1.47 bits per heavy atom. The van der Waals surface area contributed by atoms with Crippen LogP contribution in [-0.4, -0.2) is 17.7 Å². The van der Waals surface area contributed by atoms with Gasteiger partial charge in [-0.05, 0) is 30.7 Å². The summed E-state index contributed by atoms with van der Waals surface area (Å²) in [5, 5.41) is 9.98. The Labute approximate surface area is 122 Å². The van der Waals surface area contributed by atoms with E-state index >= 15 is 0 Å². The zero-order valence-corrected chi connectivity index (χ0v) is 12.4. The van der Waals surface area contributed by atoms with Crippen LogP contribution in [0.3, 0.4) is 0 Å². The summed E-state index contributed by atoms with van der Waals surface area (Å²) < 4.78 is 1.01. The summed E-state index contributed by atoms with van der Waals surface area (Å²) in [5.74, 6) is 0. The van der Waals surface area contributed by atoms with Gasteiger partial charge in [-0.2, -0.15) is 5.26 Å². The molecule has 0 aliphatic rings. The maximum absolute atomic E-state index is 8.63. The predicted molar refractivity (Wildman–Crippen MR) is 79.0 cm³/mol. The Morgan fingerprint density at radius 3 is 2.59 bits per heavy atom. The number of nitriles is 1. The molecular formula is C14H17BrLiN. The summed E-state index contributed by atoms with van der Waals surface area (Å²) in [6, 6.07) is 7.62. The number of halogens is 1. The van der Waals surface area contributed by atoms with Gasteiger partial charge in [-0.15, -0.1) is 0 Å². The Kier molecular flexibility index (Phi) is 10.4. The van der Waals surface area contributed by atoms with Crippen LogP contribution in [0.25, 0.3) is 6.08 Å². The molecule has 3 heteroatoms. The average molecular weight is 286 g/mol. The SMILES string of the molecule is C/C=C\c1cc(C#N)ccc1Br.[Li][CH2]CCC. The molecule has 0 atom stereocenters. The molecule has 0 aromatic heterocycles. The van der Waals surface area contributed by atoms with Crippen molar-refractivity contribution in [3.63, 3.8) is 0 Å². The number of benzene rings is 1. The zero-order valence-electron chi connectivity index (χ0n) is 10.8. The minimum atomic E-state index is 0.686. The quantitative estimate of drug-likeness (QED) is 0.737. The molecule has 0 unspecified atom stereocenters. The molecule has 0 radical (unpaired) electrons. The predicted octanol–water partition coefficient (Wildman–Crippen LogP) is 4.73. The van der Waals surface area contributed by atoms with E-state index in [0.717, 1.165) is 10.0 Å². The molecule has 17 heavy (non-hydrogen) atoms. The molecule has 0 heterocycles. The van der Waals surface area contributed by atoms with E-state index in [1.165, 1.54) is 17.9 Å². The van der Waals surface area contributed by atoms with Crippen molar-refractivity contribution in [2.45, 2.75) is 31.8 Å². The molecular weight excluding hydrogens is 269 g/mol. The molecule has 1 nitrogen and oxygen atoms in total. The summed E-state index contributed by atoms with van der Waals surface area (Å²) in [6.07, 6.45) is 6.64. The number of hydrogen-bond donors (Lipinski definition) is 0. The van der Waals surface area contributed by atoms with Crippen molar-refractivity contribution in [3.8, 4) is 6.07 Å².